The number of thiazole rings is 1. The molecule has 3 rings (SSSR count). The van der Waals surface area contributed by atoms with Crippen LogP contribution >= 0.6 is 11.3 Å². The SMILES string of the molecule is COc1ccccc1C=CC(=O)OCc1cc(=O)n2ccsc2n1. The molecule has 0 unspecified atom stereocenters. The number of aromatic nitrogens is 2. The van der Waals surface area contributed by atoms with Gasteiger partial charge in [-0.3, -0.25) is 9.20 Å². The second kappa shape index (κ2) is 7.10. The van der Waals surface area contributed by atoms with Crippen LogP contribution in [0.3, 0.4) is 0 Å². The number of fused-ring (bicyclic) bond motifs is 1. The predicted molar refractivity (Wildman–Crippen MR) is 91.2 cm³/mol. The van der Waals surface area contributed by atoms with Gasteiger partial charge in [-0.15, -0.1) is 11.3 Å². The summed E-state index contributed by atoms with van der Waals surface area (Å²) in [6.45, 7) is -0.0568. The molecule has 0 radical (unpaired) electrons. The molecule has 0 bridgehead atoms. The Morgan fingerprint density at radius 2 is 2.21 bits per heavy atom. The lowest BCUT2D eigenvalue weighted by atomic mass is 10.2. The van der Waals surface area contributed by atoms with E-state index in [0.717, 1.165) is 5.56 Å². The smallest absolute Gasteiger partial charge is 0.331 e. The lowest BCUT2D eigenvalue weighted by molar-refractivity contribution is -0.139. The van der Waals surface area contributed by atoms with Crippen LogP contribution in [0.4, 0.5) is 0 Å². The summed E-state index contributed by atoms with van der Waals surface area (Å²) in [6.07, 6.45) is 4.58. The maximum absolute atomic E-state index is 11.8. The minimum Gasteiger partial charge on any atom is -0.496 e. The van der Waals surface area contributed by atoms with Crippen LogP contribution in [0.5, 0.6) is 5.75 Å². The van der Waals surface area contributed by atoms with Crippen molar-refractivity contribution >= 4 is 28.3 Å². The molecule has 24 heavy (non-hydrogen) atoms. The van der Waals surface area contributed by atoms with Crippen molar-refractivity contribution in [2.24, 2.45) is 0 Å². The highest BCUT2D eigenvalue weighted by atomic mass is 32.1. The van der Waals surface area contributed by atoms with E-state index in [1.807, 2.05) is 18.2 Å². The van der Waals surface area contributed by atoms with Gasteiger partial charge in [0, 0.05) is 29.3 Å². The molecule has 7 heteroatoms. The summed E-state index contributed by atoms with van der Waals surface area (Å²) in [4.78, 5) is 28.5. The Morgan fingerprint density at radius 1 is 1.38 bits per heavy atom. The van der Waals surface area contributed by atoms with E-state index in [1.165, 1.54) is 27.9 Å². The molecule has 2 heterocycles. The van der Waals surface area contributed by atoms with Gasteiger partial charge in [-0.2, -0.15) is 0 Å². The van der Waals surface area contributed by atoms with Gasteiger partial charge in [-0.1, -0.05) is 18.2 Å². The van der Waals surface area contributed by atoms with Crippen molar-refractivity contribution in [1.29, 1.82) is 0 Å². The average molecular weight is 342 g/mol. The van der Waals surface area contributed by atoms with Crippen molar-refractivity contribution in [2.75, 3.05) is 7.11 Å². The van der Waals surface area contributed by atoms with E-state index in [4.69, 9.17) is 9.47 Å². The largest absolute Gasteiger partial charge is 0.496 e. The van der Waals surface area contributed by atoms with Crippen LogP contribution in [0.15, 0.2) is 52.8 Å². The topological polar surface area (TPSA) is 69.9 Å². The van der Waals surface area contributed by atoms with E-state index < -0.39 is 5.97 Å². The molecule has 0 aliphatic rings. The summed E-state index contributed by atoms with van der Waals surface area (Å²) >= 11 is 1.35. The van der Waals surface area contributed by atoms with Gasteiger partial charge in [-0.05, 0) is 12.1 Å². The molecule has 0 spiro atoms. The molecule has 122 valence electrons. The summed E-state index contributed by atoms with van der Waals surface area (Å²) in [6, 6.07) is 8.69. The molecule has 0 aliphatic carbocycles. The molecule has 0 saturated carbocycles. The fourth-order valence-corrected chi connectivity index (χ4v) is 2.86. The van der Waals surface area contributed by atoms with Crippen molar-refractivity contribution in [3.05, 3.63) is 69.6 Å². The van der Waals surface area contributed by atoms with Crippen molar-refractivity contribution in [2.45, 2.75) is 6.61 Å². The molecule has 0 amide bonds. The number of methoxy groups -OCH3 is 1. The molecule has 0 atom stereocenters. The van der Waals surface area contributed by atoms with E-state index in [-0.39, 0.29) is 12.2 Å². The van der Waals surface area contributed by atoms with Gasteiger partial charge < -0.3 is 9.47 Å². The number of hydrogen-bond donors (Lipinski definition) is 0. The fraction of sp³-hybridized carbons (Fsp3) is 0.118. The molecule has 3 aromatic rings. The second-order valence-corrected chi connectivity index (χ2v) is 5.70. The first-order valence-electron chi connectivity index (χ1n) is 7.11. The lowest BCUT2D eigenvalue weighted by Crippen LogP contribution is -2.14. The van der Waals surface area contributed by atoms with Crippen LogP contribution in [-0.2, 0) is 16.1 Å². The normalized spacial score (nSPS) is 11.0. The number of hydrogen-bond acceptors (Lipinski definition) is 6. The van der Waals surface area contributed by atoms with Crippen LogP contribution < -0.4 is 10.3 Å². The number of benzene rings is 1. The van der Waals surface area contributed by atoms with Gasteiger partial charge in [0.05, 0.1) is 12.8 Å². The van der Waals surface area contributed by atoms with Crippen LogP contribution in [0.1, 0.15) is 11.3 Å². The van der Waals surface area contributed by atoms with Gasteiger partial charge in [0.1, 0.15) is 12.4 Å². The van der Waals surface area contributed by atoms with E-state index >= 15 is 0 Å². The minimum absolute atomic E-state index is 0.0568. The predicted octanol–water partition coefficient (Wildman–Crippen LogP) is 2.52. The van der Waals surface area contributed by atoms with Crippen molar-refractivity contribution < 1.29 is 14.3 Å². The van der Waals surface area contributed by atoms with Crippen molar-refractivity contribution in [1.82, 2.24) is 9.38 Å². The Labute approximate surface area is 141 Å². The highest BCUT2D eigenvalue weighted by molar-refractivity contribution is 7.15. The van der Waals surface area contributed by atoms with Crippen molar-refractivity contribution in [3.63, 3.8) is 0 Å². The molecule has 0 saturated heterocycles. The quantitative estimate of drug-likeness (QED) is 0.526. The van der Waals surface area contributed by atoms with E-state index in [9.17, 15) is 9.59 Å². The van der Waals surface area contributed by atoms with Crippen LogP contribution in [0.25, 0.3) is 11.0 Å². The van der Waals surface area contributed by atoms with Gasteiger partial charge in [0.2, 0.25) is 0 Å². The highest BCUT2D eigenvalue weighted by Crippen LogP contribution is 2.18. The van der Waals surface area contributed by atoms with Crippen LogP contribution in [0, 0.1) is 0 Å². The average Bonchev–Trinajstić information content (AvgIpc) is 3.07. The van der Waals surface area contributed by atoms with E-state index in [0.29, 0.717) is 16.4 Å². The Bertz CT molecular complexity index is 958. The second-order valence-electron chi connectivity index (χ2n) is 4.82. The monoisotopic (exact) mass is 342 g/mol. The molecule has 1 aromatic carbocycles. The number of nitrogens with zero attached hydrogens (tertiary/aromatic N) is 2. The zero-order chi connectivity index (χ0) is 16.9. The van der Waals surface area contributed by atoms with Gasteiger partial charge in [-0.25, -0.2) is 9.78 Å². The van der Waals surface area contributed by atoms with E-state index in [1.54, 1.807) is 30.8 Å². The van der Waals surface area contributed by atoms with Gasteiger partial charge in [0.25, 0.3) is 5.56 Å². The third-order valence-corrected chi connectivity index (χ3v) is 4.01. The highest BCUT2D eigenvalue weighted by Gasteiger charge is 2.06. The molecular weight excluding hydrogens is 328 g/mol. The summed E-state index contributed by atoms with van der Waals surface area (Å²) in [7, 11) is 1.57. The minimum atomic E-state index is -0.519. The van der Waals surface area contributed by atoms with Crippen molar-refractivity contribution in [3.8, 4) is 5.75 Å². The molecular formula is C17H14N2O4S. The number of carbonyl (C=O) groups is 1. The maximum atomic E-state index is 11.8. The van der Waals surface area contributed by atoms with Crippen LogP contribution in [0.2, 0.25) is 0 Å². The molecule has 6 nitrogen and oxygen atoms in total. The summed E-state index contributed by atoms with van der Waals surface area (Å²) in [5.41, 5.74) is 0.992. The molecule has 0 aliphatic heterocycles. The Balaban J connectivity index is 1.66. The van der Waals surface area contributed by atoms with Gasteiger partial charge in [0.15, 0.2) is 4.96 Å². The zero-order valence-electron chi connectivity index (χ0n) is 12.8. The first-order chi connectivity index (χ1) is 11.7. The molecule has 0 fully saturated rings. The molecule has 2 aromatic heterocycles. The van der Waals surface area contributed by atoms with E-state index in [2.05, 4.69) is 4.98 Å². The summed E-state index contributed by atoms with van der Waals surface area (Å²) in [5.74, 6) is 0.147. The van der Waals surface area contributed by atoms with Crippen LogP contribution in [-0.4, -0.2) is 22.5 Å². The summed E-state index contributed by atoms with van der Waals surface area (Å²) < 4.78 is 11.8. The zero-order valence-corrected chi connectivity index (χ0v) is 13.7. The third-order valence-electron chi connectivity index (χ3n) is 3.26. The number of rotatable bonds is 5. The maximum Gasteiger partial charge on any atom is 0.331 e. The standard InChI is InChI=1S/C17H14N2O4S/c1-22-14-5-3-2-4-12(14)6-7-16(21)23-11-13-10-15(20)19-8-9-24-17(19)18-13/h2-10H,11H2,1H3. The number of para-hydroxylation sites is 1. The lowest BCUT2D eigenvalue weighted by Gasteiger charge is -2.04. The summed E-state index contributed by atoms with van der Waals surface area (Å²) in [5, 5.41) is 1.77. The number of ether oxygens (including phenoxy) is 2. The fourth-order valence-electron chi connectivity index (χ4n) is 2.12. The Morgan fingerprint density at radius 3 is 3.04 bits per heavy atom. The number of esters is 1. The first-order valence-corrected chi connectivity index (χ1v) is 7.99. The first kappa shape index (κ1) is 15.9. The molecule has 0 N–H and O–H groups in total. The Kier molecular flexibility index (Phi) is 4.72. The van der Waals surface area contributed by atoms with Gasteiger partial charge >= 0.3 is 5.97 Å². The Hall–Kier alpha value is -2.93. The third kappa shape index (κ3) is 3.52. The number of carbonyl (C=O) groups excluding carboxylic acids is 1.